The zero-order valence-corrected chi connectivity index (χ0v) is 11.9. The van der Waals surface area contributed by atoms with Crippen molar-refractivity contribution in [2.45, 2.75) is 39.7 Å². The first-order chi connectivity index (χ1) is 9.70. The number of unbranched alkanes of at least 4 members (excludes halogenated alkanes) is 2. The minimum Gasteiger partial charge on any atom is -0.349 e. The topological polar surface area (TPSA) is 50.7 Å². The molecule has 3 rings (SSSR count). The maximum absolute atomic E-state index is 12.5. The Morgan fingerprint density at radius 2 is 2.15 bits per heavy atom. The number of benzene rings is 1. The van der Waals surface area contributed by atoms with Crippen molar-refractivity contribution in [3.05, 3.63) is 40.4 Å². The van der Waals surface area contributed by atoms with E-state index in [1.807, 2.05) is 19.1 Å². The Morgan fingerprint density at radius 1 is 1.30 bits per heavy atom. The van der Waals surface area contributed by atoms with Crippen molar-refractivity contribution in [2.24, 2.45) is 0 Å². The van der Waals surface area contributed by atoms with Gasteiger partial charge in [-0.25, -0.2) is 4.98 Å². The molecule has 0 atom stereocenters. The first kappa shape index (κ1) is 12.9. The number of fused-ring (bicyclic) bond motifs is 3. The van der Waals surface area contributed by atoms with Gasteiger partial charge >= 0.3 is 0 Å². The standard InChI is InChI=1S/C16H19N3O/c1-3-4-5-8-19-10-17-14-12-7-6-11(2)9-13(12)18-15(14)16(19)20/h6-7,9-10,18H,3-5,8H2,1-2H3. The molecule has 0 radical (unpaired) electrons. The van der Waals surface area contributed by atoms with Crippen LogP contribution in [0.3, 0.4) is 0 Å². The molecule has 0 fully saturated rings. The summed E-state index contributed by atoms with van der Waals surface area (Å²) in [6, 6.07) is 6.12. The summed E-state index contributed by atoms with van der Waals surface area (Å²) in [4.78, 5) is 20.2. The lowest BCUT2D eigenvalue weighted by Gasteiger charge is -2.03. The Hall–Kier alpha value is -2.10. The highest BCUT2D eigenvalue weighted by Gasteiger charge is 2.10. The maximum Gasteiger partial charge on any atom is 0.277 e. The third-order valence-electron chi connectivity index (χ3n) is 3.73. The molecule has 2 aromatic heterocycles. The van der Waals surface area contributed by atoms with Crippen LogP contribution in [0.25, 0.3) is 21.9 Å². The Kier molecular flexibility index (Phi) is 3.30. The van der Waals surface area contributed by atoms with Gasteiger partial charge in [0.25, 0.3) is 5.56 Å². The van der Waals surface area contributed by atoms with E-state index in [9.17, 15) is 4.79 Å². The minimum absolute atomic E-state index is 0.0277. The molecule has 1 N–H and O–H groups in total. The van der Waals surface area contributed by atoms with Gasteiger partial charge in [-0.2, -0.15) is 0 Å². The van der Waals surface area contributed by atoms with Gasteiger partial charge in [-0.3, -0.25) is 9.36 Å². The number of aromatic nitrogens is 3. The van der Waals surface area contributed by atoms with Crippen LogP contribution in [0, 0.1) is 6.92 Å². The van der Waals surface area contributed by atoms with Gasteiger partial charge in [-0.1, -0.05) is 31.9 Å². The molecule has 0 unspecified atom stereocenters. The van der Waals surface area contributed by atoms with Crippen molar-refractivity contribution in [2.75, 3.05) is 0 Å². The average Bonchev–Trinajstić information content (AvgIpc) is 2.80. The van der Waals surface area contributed by atoms with E-state index in [1.165, 1.54) is 5.56 Å². The molecule has 0 saturated heterocycles. The number of hydrogen-bond acceptors (Lipinski definition) is 2. The molecule has 0 aliphatic heterocycles. The summed E-state index contributed by atoms with van der Waals surface area (Å²) < 4.78 is 1.71. The van der Waals surface area contributed by atoms with Crippen LogP contribution in [0.1, 0.15) is 31.7 Å². The van der Waals surface area contributed by atoms with E-state index in [4.69, 9.17) is 0 Å². The summed E-state index contributed by atoms with van der Waals surface area (Å²) >= 11 is 0. The monoisotopic (exact) mass is 269 g/mol. The molecule has 0 saturated carbocycles. The average molecular weight is 269 g/mol. The molecule has 4 nitrogen and oxygen atoms in total. The van der Waals surface area contributed by atoms with Crippen LogP contribution in [0.2, 0.25) is 0 Å². The minimum atomic E-state index is 0.0277. The molecule has 3 aromatic rings. The highest BCUT2D eigenvalue weighted by molar-refractivity contribution is 6.04. The van der Waals surface area contributed by atoms with E-state index in [0.717, 1.165) is 42.2 Å². The number of rotatable bonds is 4. The lowest BCUT2D eigenvalue weighted by Crippen LogP contribution is -2.20. The summed E-state index contributed by atoms with van der Waals surface area (Å²) in [7, 11) is 0. The summed E-state index contributed by atoms with van der Waals surface area (Å²) in [5.74, 6) is 0. The SMILES string of the molecule is CCCCCn1cnc2c([nH]c3cc(C)ccc32)c1=O. The fraction of sp³-hybridized carbons (Fsp3) is 0.375. The lowest BCUT2D eigenvalue weighted by atomic mass is 10.2. The molecule has 1 aromatic carbocycles. The number of aryl methyl sites for hydroxylation is 2. The van der Waals surface area contributed by atoms with Crippen LogP contribution >= 0.6 is 0 Å². The lowest BCUT2D eigenvalue weighted by molar-refractivity contribution is 0.583. The predicted octanol–water partition coefficient (Wildman–Crippen LogP) is 3.38. The molecule has 0 aliphatic rings. The Morgan fingerprint density at radius 3 is 2.95 bits per heavy atom. The van der Waals surface area contributed by atoms with Gasteiger partial charge in [0.2, 0.25) is 0 Å². The molecular weight excluding hydrogens is 250 g/mol. The van der Waals surface area contributed by atoms with Gasteiger partial charge in [0.1, 0.15) is 11.0 Å². The third kappa shape index (κ3) is 2.11. The van der Waals surface area contributed by atoms with Crippen LogP contribution in [0.15, 0.2) is 29.3 Å². The van der Waals surface area contributed by atoms with E-state index in [0.29, 0.717) is 5.52 Å². The Labute approximate surface area is 117 Å². The van der Waals surface area contributed by atoms with Gasteiger partial charge < -0.3 is 4.98 Å². The second kappa shape index (κ2) is 5.12. The van der Waals surface area contributed by atoms with E-state index in [-0.39, 0.29) is 5.56 Å². The van der Waals surface area contributed by atoms with Crippen LogP contribution < -0.4 is 5.56 Å². The highest BCUT2D eigenvalue weighted by Crippen LogP contribution is 2.22. The molecule has 0 spiro atoms. The molecule has 0 aliphatic carbocycles. The zero-order chi connectivity index (χ0) is 14.1. The third-order valence-corrected chi connectivity index (χ3v) is 3.73. The number of hydrogen-bond donors (Lipinski definition) is 1. The zero-order valence-electron chi connectivity index (χ0n) is 11.9. The van der Waals surface area contributed by atoms with Crippen molar-refractivity contribution >= 4 is 21.9 Å². The summed E-state index contributed by atoms with van der Waals surface area (Å²) in [6.07, 6.45) is 4.98. The molecule has 2 heterocycles. The number of aromatic amines is 1. The molecule has 104 valence electrons. The van der Waals surface area contributed by atoms with E-state index < -0.39 is 0 Å². The second-order valence-corrected chi connectivity index (χ2v) is 5.35. The van der Waals surface area contributed by atoms with Gasteiger partial charge in [-0.15, -0.1) is 0 Å². The number of H-pyrrole nitrogens is 1. The van der Waals surface area contributed by atoms with Crippen molar-refractivity contribution < 1.29 is 0 Å². The molecule has 0 bridgehead atoms. The van der Waals surface area contributed by atoms with Crippen LogP contribution in [0.4, 0.5) is 0 Å². The number of nitrogens with one attached hydrogen (secondary N) is 1. The first-order valence-electron chi connectivity index (χ1n) is 7.18. The molecule has 20 heavy (non-hydrogen) atoms. The van der Waals surface area contributed by atoms with E-state index in [1.54, 1.807) is 10.9 Å². The first-order valence-corrected chi connectivity index (χ1v) is 7.18. The maximum atomic E-state index is 12.5. The fourth-order valence-corrected chi connectivity index (χ4v) is 2.60. The number of nitrogens with zero attached hydrogens (tertiary/aromatic N) is 2. The molecular formula is C16H19N3O. The smallest absolute Gasteiger partial charge is 0.277 e. The second-order valence-electron chi connectivity index (χ2n) is 5.35. The van der Waals surface area contributed by atoms with Crippen molar-refractivity contribution in [1.29, 1.82) is 0 Å². The summed E-state index contributed by atoms with van der Waals surface area (Å²) in [6.45, 7) is 4.94. The summed E-state index contributed by atoms with van der Waals surface area (Å²) in [5, 5.41) is 1.02. The van der Waals surface area contributed by atoms with Crippen LogP contribution in [0.5, 0.6) is 0 Å². The van der Waals surface area contributed by atoms with Gasteiger partial charge in [0.05, 0.1) is 6.33 Å². The Bertz CT molecular complexity index is 814. The molecule has 4 heteroatoms. The van der Waals surface area contributed by atoms with Crippen LogP contribution in [-0.4, -0.2) is 14.5 Å². The van der Waals surface area contributed by atoms with Gasteiger partial charge in [0.15, 0.2) is 0 Å². The summed E-state index contributed by atoms with van der Waals surface area (Å²) in [5.41, 5.74) is 3.57. The van der Waals surface area contributed by atoms with Crippen molar-refractivity contribution in [1.82, 2.24) is 14.5 Å². The van der Waals surface area contributed by atoms with Gasteiger partial charge in [-0.05, 0) is 25.0 Å². The normalized spacial score (nSPS) is 11.5. The predicted molar refractivity (Wildman–Crippen MR) is 82.1 cm³/mol. The van der Waals surface area contributed by atoms with Crippen molar-refractivity contribution in [3.63, 3.8) is 0 Å². The Balaban J connectivity index is 2.12. The quantitative estimate of drug-likeness (QED) is 0.738. The van der Waals surface area contributed by atoms with E-state index >= 15 is 0 Å². The molecule has 0 amide bonds. The largest absolute Gasteiger partial charge is 0.349 e. The van der Waals surface area contributed by atoms with Gasteiger partial charge in [0, 0.05) is 17.4 Å². The van der Waals surface area contributed by atoms with E-state index in [2.05, 4.69) is 23.0 Å². The fourth-order valence-electron chi connectivity index (χ4n) is 2.60. The van der Waals surface area contributed by atoms with Crippen molar-refractivity contribution in [3.8, 4) is 0 Å². The van der Waals surface area contributed by atoms with Crippen LogP contribution in [-0.2, 0) is 6.54 Å². The highest BCUT2D eigenvalue weighted by atomic mass is 16.1.